The zero-order chi connectivity index (χ0) is 25.3. The van der Waals surface area contributed by atoms with Crippen LogP contribution in [0.4, 0.5) is 0 Å². The third-order valence-corrected chi connectivity index (χ3v) is 5.42. The number of rotatable bonds is 21. The molecule has 0 saturated heterocycles. The maximum atomic E-state index is 11.9. The van der Waals surface area contributed by atoms with Gasteiger partial charge in [-0.2, -0.15) is 21.0 Å². The van der Waals surface area contributed by atoms with E-state index >= 15 is 0 Å². The molecular formula is C23H42O9S2. The Bertz CT molecular complexity index is 645. The molecule has 11 heteroatoms. The quantitative estimate of drug-likeness (QED) is 0.147. The molecule has 0 bridgehead atoms. The Morgan fingerprint density at radius 3 is 1.41 bits per heavy atom. The first kappa shape index (κ1) is 33.2. The fourth-order valence-corrected chi connectivity index (χ4v) is 3.23. The van der Waals surface area contributed by atoms with Gasteiger partial charge < -0.3 is 28.4 Å². The molecule has 200 valence electrons. The Labute approximate surface area is 210 Å². The highest BCUT2D eigenvalue weighted by atomic mass is 32.2. The number of ether oxygens (including phenoxy) is 6. The number of thiol groups is 1. The Hall–Kier alpha value is -0.760. The highest BCUT2D eigenvalue weighted by molar-refractivity contribution is 7.86. The maximum absolute atomic E-state index is 11.9. The normalized spacial score (nSPS) is 11.3. The zero-order valence-electron chi connectivity index (χ0n) is 20.7. The minimum atomic E-state index is -3.71. The Morgan fingerprint density at radius 1 is 0.618 bits per heavy atom. The molecule has 0 saturated carbocycles. The lowest BCUT2D eigenvalue weighted by molar-refractivity contribution is 0.0117. The standard InChI is InChI=1S/C15H24O6S.C8H18O3S/c1-3-18-8-9-19-10-11-20-12-13-21-22(16,17)15-6-4-14(2)5-7-15;1-2-9-3-4-10-5-6-11-7-8-12/h4-7H,3,8-13H2,1-2H3;12H,2-8H2,1H3. The summed E-state index contributed by atoms with van der Waals surface area (Å²) in [6.07, 6.45) is 0. The van der Waals surface area contributed by atoms with Gasteiger partial charge >= 0.3 is 0 Å². The van der Waals surface area contributed by atoms with Crippen molar-refractivity contribution in [3.63, 3.8) is 0 Å². The second-order valence-electron chi connectivity index (χ2n) is 6.66. The number of benzene rings is 1. The summed E-state index contributed by atoms with van der Waals surface area (Å²) in [5.74, 6) is 0.763. The van der Waals surface area contributed by atoms with Crippen molar-refractivity contribution in [2.45, 2.75) is 25.7 Å². The average Bonchev–Trinajstić information content (AvgIpc) is 2.83. The van der Waals surface area contributed by atoms with E-state index in [1.165, 1.54) is 12.1 Å². The van der Waals surface area contributed by atoms with Crippen LogP contribution in [-0.2, 0) is 42.7 Å². The van der Waals surface area contributed by atoms with Crippen LogP contribution in [0.3, 0.4) is 0 Å². The largest absolute Gasteiger partial charge is 0.379 e. The fourth-order valence-electron chi connectivity index (χ4n) is 2.21. The number of hydrogen-bond donors (Lipinski definition) is 1. The van der Waals surface area contributed by atoms with Gasteiger partial charge in [0.2, 0.25) is 0 Å². The molecule has 0 aliphatic carbocycles. The van der Waals surface area contributed by atoms with Crippen LogP contribution in [0, 0.1) is 6.92 Å². The van der Waals surface area contributed by atoms with Crippen molar-refractivity contribution in [3.8, 4) is 0 Å². The molecule has 0 atom stereocenters. The lowest BCUT2D eigenvalue weighted by Gasteiger charge is -2.07. The number of hydrogen-bond acceptors (Lipinski definition) is 10. The fraction of sp³-hybridized carbons (Fsp3) is 0.739. The van der Waals surface area contributed by atoms with Gasteiger partial charge in [0.1, 0.15) is 0 Å². The van der Waals surface area contributed by atoms with E-state index in [2.05, 4.69) is 12.6 Å². The Balaban J connectivity index is 0.000000770. The minimum Gasteiger partial charge on any atom is -0.379 e. The van der Waals surface area contributed by atoms with Gasteiger partial charge in [-0.15, -0.1) is 0 Å². The predicted molar refractivity (Wildman–Crippen MR) is 134 cm³/mol. The lowest BCUT2D eigenvalue weighted by Crippen LogP contribution is -2.14. The first-order valence-corrected chi connectivity index (χ1v) is 13.5. The van der Waals surface area contributed by atoms with Crippen LogP contribution >= 0.6 is 12.6 Å². The summed E-state index contributed by atoms with van der Waals surface area (Å²) in [5.41, 5.74) is 0.992. The van der Waals surface area contributed by atoms with Gasteiger partial charge in [0.05, 0.1) is 77.6 Å². The molecule has 0 aromatic heterocycles. The van der Waals surface area contributed by atoms with Crippen molar-refractivity contribution in [2.24, 2.45) is 0 Å². The van der Waals surface area contributed by atoms with Gasteiger partial charge in [0, 0.05) is 19.0 Å². The molecule has 0 radical (unpaired) electrons. The molecule has 0 heterocycles. The SMILES string of the molecule is CCOCCOCCOCCOS(=O)(=O)c1ccc(C)cc1.CCOCCOCCOCCS. The summed E-state index contributed by atoms with van der Waals surface area (Å²) in [7, 11) is -3.71. The smallest absolute Gasteiger partial charge is 0.297 e. The van der Waals surface area contributed by atoms with Gasteiger partial charge in [0.15, 0.2) is 0 Å². The van der Waals surface area contributed by atoms with E-state index in [-0.39, 0.29) is 18.1 Å². The second-order valence-corrected chi connectivity index (χ2v) is 8.72. The van der Waals surface area contributed by atoms with Crippen molar-refractivity contribution in [3.05, 3.63) is 29.8 Å². The summed E-state index contributed by atoms with van der Waals surface area (Å²) < 4.78 is 59.7. The van der Waals surface area contributed by atoms with E-state index in [9.17, 15) is 8.42 Å². The van der Waals surface area contributed by atoms with E-state index in [1.807, 2.05) is 20.8 Å². The summed E-state index contributed by atoms with van der Waals surface area (Å²) >= 11 is 4.01. The Kier molecular flexibility index (Phi) is 23.4. The van der Waals surface area contributed by atoms with Gasteiger partial charge in [-0.3, -0.25) is 4.18 Å². The molecular weight excluding hydrogens is 484 g/mol. The molecule has 34 heavy (non-hydrogen) atoms. The molecule has 0 fully saturated rings. The minimum absolute atomic E-state index is 0.0187. The van der Waals surface area contributed by atoms with E-state index in [0.29, 0.717) is 66.1 Å². The van der Waals surface area contributed by atoms with Crippen molar-refractivity contribution in [1.29, 1.82) is 0 Å². The van der Waals surface area contributed by atoms with Gasteiger partial charge in [-0.1, -0.05) is 17.7 Å². The van der Waals surface area contributed by atoms with E-state index < -0.39 is 10.1 Å². The van der Waals surface area contributed by atoms with E-state index in [4.69, 9.17) is 32.6 Å². The van der Waals surface area contributed by atoms with Gasteiger partial charge in [0.25, 0.3) is 10.1 Å². The summed E-state index contributed by atoms with van der Waals surface area (Å²) in [5, 5.41) is 0. The summed E-state index contributed by atoms with van der Waals surface area (Å²) in [4.78, 5) is 0.150. The van der Waals surface area contributed by atoms with Crippen LogP contribution in [0.25, 0.3) is 0 Å². The van der Waals surface area contributed by atoms with Crippen LogP contribution in [0.15, 0.2) is 29.2 Å². The summed E-state index contributed by atoms with van der Waals surface area (Å²) in [6, 6.07) is 6.51. The molecule has 9 nitrogen and oxygen atoms in total. The Morgan fingerprint density at radius 2 is 1.00 bits per heavy atom. The first-order chi connectivity index (χ1) is 16.5. The van der Waals surface area contributed by atoms with Crippen molar-refractivity contribution in [1.82, 2.24) is 0 Å². The van der Waals surface area contributed by atoms with Crippen LogP contribution in [0.2, 0.25) is 0 Å². The van der Waals surface area contributed by atoms with Crippen LogP contribution in [-0.4, -0.2) is 100 Å². The molecule has 0 spiro atoms. The van der Waals surface area contributed by atoms with Crippen LogP contribution in [0.1, 0.15) is 19.4 Å². The molecule has 1 rings (SSSR count). The zero-order valence-corrected chi connectivity index (χ0v) is 22.4. The second kappa shape index (κ2) is 24.0. The van der Waals surface area contributed by atoms with Gasteiger partial charge in [-0.05, 0) is 32.9 Å². The monoisotopic (exact) mass is 526 g/mol. The van der Waals surface area contributed by atoms with Crippen molar-refractivity contribution >= 4 is 22.7 Å². The van der Waals surface area contributed by atoms with E-state index in [0.717, 1.165) is 17.9 Å². The molecule has 1 aromatic rings. The van der Waals surface area contributed by atoms with E-state index in [1.54, 1.807) is 12.1 Å². The molecule has 0 unspecified atom stereocenters. The topological polar surface area (TPSA) is 98.8 Å². The number of aryl methyl sites for hydroxylation is 1. The van der Waals surface area contributed by atoms with Gasteiger partial charge in [-0.25, -0.2) is 0 Å². The van der Waals surface area contributed by atoms with Crippen LogP contribution < -0.4 is 0 Å². The van der Waals surface area contributed by atoms with Crippen molar-refractivity contribution in [2.75, 3.05) is 91.6 Å². The molecule has 0 aliphatic rings. The third kappa shape index (κ3) is 20.6. The first-order valence-electron chi connectivity index (χ1n) is 11.5. The molecule has 0 N–H and O–H groups in total. The molecule has 0 aliphatic heterocycles. The maximum Gasteiger partial charge on any atom is 0.297 e. The molecule has 1 aromatic carbocycles. The molecule has 0 amide bonds. The third-order valence-electron chi connectivity index (χ3n) is 3.91. The highest BCUT2D eigenvalue weighted by Gasteiger charge is 2.14. The average molecular weight is 527 g/mol. The van der Waals surface area contributed by atoms with Crippen molar-refractivity contribution < 1.29 is 41.0 Å². The van der Waals surface area contributed by atoms with Crippen LogP contribution in [0.5, 0.6) is 0 Å². The summed E-state index contributed by atoms with van der Waals surface area (Å²) in [6.45, 7) is 12.6. The predicted octanol–water partition coefficient (Wildman–Crippen LogP) is 2.76. The highest BCUT2D eigenvalue weighted by Crippen LogP contribution is 2.12. The lowest BCUT2D eigenvalue weighted by atomic mass is 10.2.